The van der Waals surface area contributed by atoms with Crippen molar-refractivity contribution in [3.8, 4) is 11.3 Å². The molecule has 0 bridgehead atoms. The Hall–Kier alpha value is -3.95. The number of rotatable bonds is 3. The number of nitrogens with one attached hydrogen (secondary N) is 1. The minimum Gasteiger partial charge on any atom is -0.355 e. The molecule has 0 spiro atoms. The molecular formula is C22H22N6O4. The molecule has 0 aliphatic carbocycles. The second-order valence-electron chi connectivity index (χ2n) is 8.04. The number of amides is 1. The van der Waals surface area contributed by atoms with Crippen molar-refractivity contribution in [3.05, 3.63) is 68.8 Å². The van der Waals surface area contributed by atoms with E-state index < -0.39 is 11.2 Å². The minimum absolute atomic E-state index is 0.0587. The van der Waals surface area contributed by atoms with E-state index in [1.165, 1.54) is 11.6 Å². The average Bonchev–Trinajstić information content (AvgIpc) is 3.50. The van der Waals surface area contributed by atoms with Gasteiger partial charge in [0.05, 0.1) is 0 Å². The first kappa shape index (κ1) is 20.0. The number of likely N-dealkylation sites (tertiary alicyclic amines) is 1. The molecule has 4 aromatic rings. The molecular weight excluding hydrogens is 412 g/mol. The van der Waals surface area contributed by atoms with E-state index in [-0.39, 0.29) is 17.5 Å². The van der Waals surface area contributed by atoms with E-state index in [1.807, 2.05) is 30.3 Å². The summed E-state index contributed by atoms with van der Waals surface area (Å²) in [6, 6.07) is 11.2. The highest BCUT2D eigenvalue weighted by Crippen LogP contribution is 2.28. The molecule has 4 heterocycles. The Morgan fingerprint density at radius 3 is 2.53 bits per heavy atom. The molecule has 1 amide bonds. The van der Waals surface area contributed by atoms with Gasteiger partial charge in [-0.15, -0.1) is 0 Å². The molecule has 1 aliphatic heterocycles. The highest BCUT2D eigenvalue weighted by atomic mass is 16.5. The van der Waals surface area contributed by atoms with Crippen LogP contribution >= 0.6 is 0 Å². The van der Waals surface area contributed by atoms with Crippen LogP contribution in [0, 0.1) is 0 Å². The monoisotopic (exact) mass is 434 g/mol. The first-order valence-corrected chi connectivity index (χ1v) is 10.4. The van der Waals surface area contributed by atoms with E-state index in [0.717, 1.165) is 10.1 Å². The topological polar surface area (TPSA) is 119 Å². The summed E-state index contributed by atoms with van der Waals surface area (Å²) in [5, 5.41) is 3.96. The number of hydrogen-bond acceptors (Lipinski definition) is 6. The predicted octanol–water partition coefficient (Wildman–Crippen LogP) is 1.64. The van der Waals surface area contributed by atoms with Crippen molar-refractivity contribution in [1.29, 1.82) is 0 Å². The number of aromatic amines is 1. The standard InChI is InChI=1S/C22H22N6O4/c1-26-19-17(21(30)27(2)22(26)31)23-18(24-19)14-8-10-28(11-9-14)20(29)15-12-16(32-25-15)13-6-4-3-5-7-13/h3-7,12,14H,8-11H2,1-2H3,(H,23,24). The van der Waals surface area contributed by atoms with Gasteiger partial charge in [-0.3, -0.25) is 18.7 Å². The third-order valence-electron chi connectivity index (χ3n) is 6.07. The molecule has 1 aromatic carbocycles. The van der Waals surface area contributed by atoms with Crippen molar-refractivity contribution in [3.63, 3.8) is 0 Å². The van der Waals surface area contributed by atoms with Gasteiger partial charge in [0.2, 0.25) is 0 Å². The highest BCUT2D eigenvalue weighted by molar-refractivity contribution is 5.93. The number of nitrogens with zero attached hydrogens (tertiary/aromatic N) is 5. The van der Waals surface area contributed by atoms with E-state index in [0.29, 0.717) is 48.7 Å². The minimum atomic E-state index is -0.413. The smallest absolute Gasteiger partial charge is 0.332 e. The summed E-state index contributed by atoms with van der Waals surface area (Å²) >= 11 is 0. The van der Waals surface area contributed by atoms with Crippen molar-refractivity contribution < 1.29 is 9.32 Å². The van der Waals surface area contributed by atoms with Crippen molar-refractivity contribution in [2.24, 2.45) is 14.1 Å². The normalized spacial score (nSPS) is 14.9. The van der Waals surface area contributed by atoms with Gasteiger partial charge in [0.25, 0.3) is 11.5 Å². The summed E-state index contributed by atoms with van der Waals surface area (Å²) in [5.74, 6) is 1.11. The lowest BCUT2D eigenvalue weighted by Crippen LogP contribution is -2.38. The van der Waals surface area contributed by atoms with Crippen LogP contribution in [0.2, 0.25) is 0 Å². The summed E-state index contributed by atoms with van der Waals surface area (Å²) in [6.45, 7) is 1.07. The number of aromatic nitrogens is 5. The van der Waals surface area contributed by atoms with Crippen LogP contribution in [-0.4, -0.2) is 48.2 Å². The fraction of sp³-hybridized carbons (Fsp3) is 0.318. The third kappa shape index (κ3) is 3.24. The van der Waals surface area contributed by atoms with Gasteiger partial charge in [0.15, 0.2) is 17.1 Å². The lowest BCUT2D eigenvalue weighted by Gasteiger charge is -2.30. The Morgan fingerprint density at radius 1 is 1.09 bits per heavy atom. The number of H-pyrrole nitrogens is 1. The van der Waals surface area contributed by atoms with Gasteiger partial charge in [-0.2, -0.15) is 0 Å². The summed E-state index contributed by atoms with van der Waals surface area (Å²) in [6.07, 6.45) is 1.37. The van der Waals surface area contributed by atoms with Crippen LogP contribution in [0.15, 0.2) is 50.5 Å². The van der Waals surface area contributed by atoms with Crippen LogP contribution in [0.25, 0.3) is 22.5 Å². The van der Waals surface area contributed by atoms with Crippen molar-refractivity contribution in [2.75, 3.05) is 13.1 Å². The maximum atomic E-state index is 12.9. The average molecular weight is 434 g/mol. The maximum absolute atomic E-state index is 12.9. The zero-order valence-electron chi connectivity index (χ0n) is 17.7. The lowest BCUT2D eigenvalue weighted by atomic mass is 9.96. The Bertz CT molecular complexity index is 1420. The number of aryl methyl sites for hydroxylation is 1. The van der Waals surface area contributed by atoms with Crippen LogP contribution < -0.4 is 11.2 Å². The van der Waals surface area contributed by atoms with Gasteiger partial charge in [-0.05, 0) is 12.8 Å². The second-order valence-corrected chi connectivity index (χ2v) is 8.04. The molecule has 3 aromatic heterocycles. The number of fused-ring (bicyclic) bond motifs is 1. The molecule has 1 N–H and O–H groups in total. The first-order chi connectivity index (χ1) is 15.4. The quantitative estimate of drug-likeness (QED) is 0.524. The molecule has 0 saturated carbocycles. The number of benzene rings is 1. The second kappa shape index (κ2) is 7.63. The van der Waals surface area contributed by atoms with Gasteiger partial charge in [-0.1, -0.05) is 35.5 Å². The fourth-order valence-corrected chi connectivity index (χ4v) is 4.17. The van der Waals surface area contributed by atoms with Gasteiger partial charge in [0, 0.05) is 44.7 Å². The molecule has 0 radical (unpaired) electrons. The Labute approximate surface area is 182 Å². The van der Waals surface area contributed by atoms with Gasteiger partial charge in [0.1, 0.15) is 11.3 Å². The molecule has 0 atom stereocenters. The third-order valence-corrected chi connectivity index (χ3v) is 6.07. The van der Waals surface area contributed by atoms with E-state index in [1.54, 1.807) is 18.0 Å². The van der Waals surface area contributed by atoms with Crippen LogP contribution in [0.1, 0.15) is 35.1 Å². The number of carbonyl (C=O) groups is 1. The highest BCUT2D eigenvalue weighted by Gasteiger charge is 2.28. The number of hydrogen-bond donors (Lipinski definition) is 1. The maximum Gasteiger partial charge on any atom is 0.332 e. The Morgan fingerprint density at radius 2 is 1.81 bits per heavy atom. The summed E-state index contributed by atoms with van der Waals surface area (Å²) in [4.78, 5) is 46.8. The van der Waals surface area contributed by atoms with Crippen LogP contribution in [-0.2, 0) is 14.1 Å². The first-order valence-electron chi connectivity index (χ1n) is 10.4. The molecule has 32 heavy (non-hydrogen) atoms. The number of carbonyl (C=O) groups excluding carboxylic acids is 1. The van der Waals surface area contributed by atoms with Crippen molar-refractivity contribution in [1.82, 2.24) is 29.2 Å². The Balaban J connectivity index is 1.31. The SMILES string of the molecule is Cn1c(=O)c2[nH]c(C3CCN(C(=O)c4cc(-c5ccccc5)on4)CC3)nc2n(C)c1=O. The predicted molar refractivity (Wildman–Crippen MR) is 116 cm³/mol. The summed E-state index contributed by atoms with van der Waals surface area (Å²) < 4.78 is 7.78. The fourth-order valence-electron chi connectivity index (χ4n) is 4.17. The molecule has 1 saturated heterocycles. The molecule has 1 fully saturated rings. The van der Waals surface area contributed by atoms with Crippen LogP contribution in [0.4, 0.5) is 0 Å². The van der Waals surface area contributed by atoms with Crippen LogP contribution in [0.5, 0.6) is 0 Å². The zero-order valence-corrected chi connectivity index (χ0v) is 17.7. The Kier molecular flexibility index (Phi) is 4.76. The van der Waals surface area contributed by atoms with Gasteiger partial charge in [-0.25, -0.2) is 9.78 Å². The van der Waals surface area contributed by atoms with E-state index in [4.69, 9.17) is 4.52 Å². The largest absolute Gasteiger partial charge is 0.355 e. The van der Waals surface area contributed by atoms with Gasteiger partial charge >= 0.3 is 5.69 Å². The summed E-state index contributed by atoms with van der Waals surface area (Å²) in [5.41, 5.74) is 1.01. The van der Waals surface area contributed by atoms with Crippen molar-refractivity contribution >= 4 is 17.1 Å². The molecule has 10 heteroatoms. The van der Waals surface area contributed by atoms with E-state index in [2.05, 4.69) is 15.1 Å². The zero-order chi connectivity index (χ0) is 22.4. The molecule has 0 unspecified atom stereocenters. The molecule has 164 valence electrons. The van der Waals surface area contributed by atoms with Gasteiger partial charge < -0.3 is 14.4 Å². The molecule has 10 nitrogen and oxygen atoms in total. The molecule has 5 rings (SSSR count). The number of imidazole rings is 1. The lowest BCUT2D eigenvalue weighted by molar-refractivity contribution is 0.0701. The van der Waals surface area contributed by atoms with Crippen LogP contribution in [0.3, 0.4) is 0 Å². The molecule has 1 aliphatic rings. The van der Waals surface area contributed by atoms with E-state index in [9.17, 15) is 14.4 Å². The number of piperidine rings is 1. The summed E-state index contributed by atoms with van der Waals surface area (Å²) in [7, 11) is 3.04. The van der Waals surface area contributed by atoms with Crippen molar-refractivity contribution in [2.45, 2.75) is 18.8 Å². The van der Waals surface area contributed by atoms with E-state index >= 15 is 0 Å².